The van der Waals surface area contributed by atoms with Crippen LogP contribution in [0.3, 0.4) is 0 Å². The first-order valence-corrected chi connectivity index (χ1v) is 8.73. The number of methoxy groups -OCH3 is 1. The number of benzene rings is 1. The Hall–Kier alpha value is -2.22. The Balaban J connectivity index is 1.70. The van der Waals surface area contributed by atoms with Crippen molar-refractivity contribution in [1.29, 1.82) is 0 Å². The molecule has 2 heterocycles. The Morgan fingerprint density at radius 2 is 1.96 bits per heavy atom. The summed E-state index contributed by atoms with van der Waals surface area (Å²) in [4.78, 5) is 51.5. The van der Waals surface area contributed by atoms with E-state index in [9.17, 15) is 19.2 Å². The molecule has 132 valence electrons. The quantitative estimate of drug-likeness (QED) is 0.558. The van der Waals surface area contributed by atoms with Gasteiger partial charge in [-0.3, -0.25) is 24.1 Å². The summed E-state index contributed by atoms with van der Waals surface area (Å²) in [6, 6.07) is 4.83. The fourth-order valence-electron chi connectivity index (χ4n) is 3.20. The van der Waals surface area contributed by atoms with Gasteiger partial charge in [0.1, 0.15) is 6.54 Å². The number of hydrogen-bond donors (Lipinski definition) is 0. The molecular formula is C17H17BrN2O5. The van der Waals surface area contributed by atoms with Crippen LogP contribution in [0.5, 0.6) is 0 Å². The van der Waals surface area contributed by atoms with E-state index in [-0.39, 0.29) is 30.9 Å². The van der Waals surface area contributed by atoms with Crippen molar-refractivity contribution in [2.24, 2.45) is 5.92 Å². The van der Waals surface area contributed by atoms with E-state index in [0.717, 1.165) is 4.90 Å². The second-order valence-corrected chi connectivity index (χ2v) is 7.00. The fourth-order valence-corrected chi connectivity index (χ4v) is 3.57. The van der Waals surface area contributed by atoms with E-state index >= 15 is 0 Å². The van der Waals surface area contributed by atoms with Gasteiger partial charge in [0, 0.05) is 17.6 Å². The van der Waals surface area contributed by atoms with E-state index in [1.54, 1.807) is 18.2 Å². The lowest BCUT2D eigenvalue weighted by molar-refractivity contribution is -0.149. The Labute approximate surface area is 153 Å². The predicted octanol–water partition coefficient (Wildman–Crippen LogP) is 1.46. The van der Waals surface area contributed by atoms with Gasteiger partial charge < -0.3 is 9.64 Å². The van der Waals surface area contributed by atoms with Crippen molar-refractivity contribution in [3.63, 3.8) is 0 Å². The van der Waals surface area contributed by atoms with Gasteiger partial charge in [-0.2, -0.15) is 0 Å². The second-order valence-electron chi connectivity index (χ2n) is 6.09. The van der Waals surface area contributed by atoms with Gasteiger partial charge >= 0.3 is 5.97 Å². The first-order valence-electron chi connectivity index (χ1n) is 7.93. The number of imide groups is 1. The van der Waals surface area contributed by atoms with Crippen molar-refractivity contribution < 1.29 is 23.9 Å². The van der Waals surface area contributed by atoms with Crippen molar-refractivity contribution >= 4 is 39.6 Å². The van der Waals surface area contributed by atoms with Crippen LogP contribution in [0, 0.1) is 5.92 Å². The molecule has 3 rings (SSSR count). The lowest BCUT2D eigenvalue weighted by Crippen LogP contribution is -2.47. The molecule has 8 heteroatoms. The fraction of sp³-hybridized carbons (Fsp3) is 0.412. The van der Waals surface area contributed by atoms with E-state index in [4.69, 9.17) is 4.74 Å². The summed E-state index contributed by atoms with van der Waals surface area (Å²) in [5.41, 5.74) is 0.588. The topological polar surface area (TPSA) is 84.0 Å². The van der Waals surface area contributed by atoms with E-state index in [1.807, 2.05) is 0 Å². The Morgan fingerprint density at radius 3 is 2.68 bits per heavy atom. The maximum absolute atomic E-state index is 12.5. The molecule has 1 unspecified atom stereocenters. The molecule has 0 radical (unpaired) electrons. The van der Waals surface area contributed by atoms with Crippen molar-refractivity contribution in [3.05, 3.63) is 33.8 Å². The van der Waals surface area contributed by atoms with E-state index in [1.165, 1.54) is 12.0 Å². The molecule has 0 aliphatic carbocycles. The molecule has 1 aromatic rings. The number of likely N-dealkylation sites (tertiary alicyclic amines) is 1. The molecule has 25 heavy (non-hydrogen) atoms. The van der Waals surface area contributed by atoms with Crippen LogP contribution in [0.25, 0.3) is 0 Å². The highest BCUT2D eigenvalue weighted by molar-refractivity contribution is 9.10. The first-order chi connectivity index (χ1) is 11.9. The van der Waals surface area contributed by atoms with Gasteiger partial charge in [-0.1, -0.05) is 15.9 Å². The number of carbonyl (C=O) groups excluding carboxylic acids is 4. The van der Waals surface area contributed by atoms with Crippen molar-refractivity contribution in [2.75, 3.05) is 26.7 Å². The lowest BCUT2D eigenvalue weighted by atomic mass is 9.98. The summed E-state index contributed by atoms with van der Waals surface area (Å²) in [5, 5.41) is 0. The largest absolute Gasteiger partial charge is 0.469 e. The molecule has 2 aliphatic rings. The number of piperidine rings is 1. The molecule has 1 fully saturated rings. The zero-order chi connectivity index (χ0) is 18.1. The van der Waals surface area contributed by atoms with Crippen LogP contribution in [0.1, 0.15) is 33.6 Å². The number of hydrogen-bond acceptors (Lipinski definition) is 5. The average Bonchev–Trinajstić information content (AvgIpc) is 2.85. The van der Waals surface area contributed by atoms with Crippen molar-refractivity contribution in [2.45, 2.75) is 12.8 Å². The molecular weight excluding hydrogens is 392 g/mol. The van der Waals surface area contributed by atoms with Crippen LogP contribution in [0.15, 0.2) is 22.7 Å². The predicted molar refractivity (Wildman–Crippen MR) is 90.8 cm³/mol. The second kappa shape index (κ2) is 6.95. The summed E-state index contributed by atoms with van der Waals surface area (Å²) < 4.78 is 5.43. The Morgan fingerprint density at radius 1 is 1.24 bits per heavy atom. The van der Waals surface area contributed by atoms with E-state index < -0.39 is 11.8 Å². The standard InChI is InChI=1S/C17H17BrN2O5/c1-25-17(24)10-3-2-6-19(8-10)14(21)9-20-15(22)12-5-4-11(18)7-13(12)16(20)23/h4-5,7,10H,2-3,6,8-9H2,1H3. The van der Waals surface area contributed by atoms with Gasteiger partial charge in [-0.05, 0) is 31.0 Å². The zero-order valence-corrected chi connectivity index (χ0v) is 15.2. The van der Waals surface area contributed by atoms with Crippen LogP contribution in [-0.2, 0) is 14.3 Å². The Bertz CT molecular complexity index is 763. The highest BCUT2D eigenvalue weighted by Crippen LogP contribution is 2.26. The molecule has 0 aromatic heterocycles. The number of carbonyl (C=O) groups is 4. The third-order valence-corrected chi connectivity index (χ3v) is 5.03. The number of rotatable bonds is 3. The maximum Gasteiger partial charge on any atom is 0.310 e. The van der Waals surface area contributed by atoms with E-state index in [0.29, 0.717) is 35.0 Å². The minimum atomic E-state index is -0.476. The van der Waals surface area contributed by atoms with Crippen LogP contribution in [0.2, 0.25) is 0 Å². The third-order valence-electron chi connectivity index (χ3n) is 4.53. The maximum atomic E-state index is 12.5. The summed E-state index contributed by atoms with van der Waals surface area (Å²) in [7, 11) is 1.32. The van der Waals surface area contributed by atoms with Gasteiger partial charge in [-0.15, -0.1) is 0 Å². The van der Waals surface area contributed by atoms with Crippen molar-refractivity contribution in [1.82, 2.24) is 9.80 Å². The van der Waals surface area contributed by atoms with Gasteiger partial charge in [-0.25, -0.2) is 0 Å². The van der Waals surface area contributed by atoms with Gasteiger partial charge in [0.25, 0.3) is 11.8 Å². The summed E-state index contributed by atoms with van der Waals surface area (Å²) >= 11 is 3.27. The highest BCUT2D eigenvalue weighted by Gasteiger charge is 2.38. The average molecular weight is 409 g/mol. The molecule has 1 atom stereocenters. The van der Waals surface area contributed by atoms with Gasteiger partial charge in [0.2, 0.25) is 5.91 Å². The smallest absolute Gasteiger partial charge is 0.310 e. The Kier molecular flexibility index (Phi) is 4.89. The number of ether oxygens (including phenoxy) is 1. The van der Waals surface area contributed by atoms with Gasteiger partial charge in [0.05, 0.1) is 24.2 Å². The third kappa shape index (κ3) is 3.30. The van der Waals surface area contributed by atoms with Crippen LogP contribution >= 0.6 is 15.9 Å². The molecule has 1 aromatic carbocycles. The first kappa shape index (κ1) is 17.6. The monoisotopic (exact) mass is 408 g/mol. The number of fused-ring (bicyclic) bond motifs is 1. The number of nitrogens with zero attached hydrogens (tertiary/aromatic N) is 2. The summed E-state index contributed by atoms with van der Waals surface area (Å²) in [6.45, 7) is 0.430. The summed E-state index contributed by atoms with van der Waals surface area (Å²) in [5.74, 6) is -2.00. The van der Waals surface area contributed by atoms with Gasteiger partial charge in [0.15, 0.2) is 0 Å². The molecule has 0 N–H and O–H groups in total. The number of amides is 3. The van der Waals surface area contributed by atoms with E-state index in [2.05, 4.69) is 15.9 Å². The number of halogens is 1. The zero-order valence-electron chi connectivity index (χ0n) is 13.7. The number of esters is 1. The summed E-state index contributed by atoms with van der Waals surface area (Å²) in [6.07, 6.45) is 1.35. The van der Waals surface area contributed by atoms with Crippen LogP contribution < -0.4 is 0 Å². The molecule has 7 nitrogen and oxygen atoms in total. The molecule has 2 aliphatic heterocycles. The molecule has 0 spiro atoms. The minimum Gasteiger partial charge on any atom is -0.469 e. The van der Waals surface area contributed by atoms with Crippen LogP contribution in [-0.4, -0.2) is 60.2 Å². The molecule has 0 saturated carbocycles. The highest BCUT2D eigenvalue weighted by atomic mass is 79.9. The molecule has 3 amide bonds. The van der Waals surface area contributed by atoms with Crippen molar-refractivity contribution in [3.8, 4) is 0 Å². The van der Waals surface area contributed by atoms with Crippen LogP contribution in [0.4, 0.5) is 0 Å². The normalized spacial score (nSPS) is 19.8. The molecule has 1 saturated heterocycles. The lowest BCUT2D eigenvalue weighted by Gasteiger charge is -2.32. The minimum absolute atomic E-state index is 0.250. The molecule has 0 bridgehead atoms. The SMILES string of the molecule is COC(=O)C1CCCN(C(=O)CN2C(=O)c3ccc(Br)cc3C2=O)C1.